The first kappa shape index (κ1) is 31.3. The summed E-state index contributed by atoms with van der Waals surface area (Å²) >= 11 is 1.73. The Kier molecular flexibility index (Phi) is 8.77. The molecule has 1 heterocycles. The number of carbonyl (C=O) groups is 2. The molecule has 0 atom stereocenters. The summed E-state index contributed by atoms with van der Waals surface area (Å²) in [7, 11) is -2.10. The van der Waals surface area contributed by atoms with E-state index < -0.39 is 10.0 Å². The van der Waals surface area contributed by atoms with E-state index in [1.54, 1.807) is 11.3 Å². The number of rotatable bonds is 8. The van der Waals surface area contributed by atoms with E-state index in [0.29, 0.717) is 16.7 Å². The van der Waals surface area contributed by atoms with Crippen molar-refractivity contribution in [1.29, 1.82) is 0 Å². The lowest BCUT2D eigenvalue weighted by atomic mass is 9.89. The van der Waals surface area contributed by atoms with Crippen molar-refractivity contribution in [2.24, 2.45) is 0 Å². The van der Waals surface area contributed by atoms with E-state index in [1.807, 2.05) is 103 Å². The minimum atomic E-state index is -2.10. The molecule has 4 heteroatoms. The van der Waals surface area contributed by atoms with Crippen molar-refractivity contribution < 1.29 is 9.59 Å². The Morgan fingerprint density at radius 1 is 0.521 bits per heavy atom. The van der Waals surface area contributed by atoms with Gasteiger partial charge in [0.25, 0.3) is 0 Å². The van der Waals surface area contributed by atoms with Crippen LogP contribution in [0.15, 0.2) is 179 Å². The second kappa shape index (κ2) is 13.4. The van der Waals surface area contributed by atoms with Crippen molar-refractivity contribution in [3.05, 3.63) is 191 Å². The normalized spacial score (nSPS) is 11.6. The molecule has 0 saturated carbocycles. The quantitative estimate of drug-likeness (QED) is 0.152. The number of ketones is 1. The molecule has 0 fully saturated rings. The van der Waals surface area contributed by atoms with Gasteiger partial charge >= 0.3 is 0 Å². The molecule has 0 aliphatic heterocycles. The predicted molar refractivity (Wildman–Crippen MR) is 202 cm³/mol. The Hall–Kier alpha value is -5.29. The van der Waals surface area contributed by atoms with Crippen molar-refractivity contribution in [2.75, 3.05) is 6.26 Å². The third-order valence-corrected chi connectivity index (χ3v) is 13.3. The second-order valence-electron chi connectivity index (χ2n) is 11.9. The zero-order valence-electron chi connectivity index (χ0n) is 26.8. The van der Waals surface area contributed by atoms with Gasteiger partial charge in [0, 0.05) is 31.4 Å². The van der Waals surface area contributed by atoms with E-state index in [1.165, 1.54) is 10.4 Å². The molecule has 0 radical (unpaired) electrons. The average Bonchev–Trinajstić information content (AvgIpc) is 3.61. The van der Waals surface area contributed by atoms with Gasteiger partial charge in [-0.05, 0) is 100 Å². The van der Waals surface area contributed by atoms with Gasteiger partial charge in [0.15, 0.2) is 5.78 Å². The van der Waals surface area contributed by atoms with E-state index in [0.717, 1.165) is 37.6 Å². The van der Waals surface area contributed by atoms with Crippen molar-refractivity contribution in [3.63, 3.8) is 0 Å². The second-order valence-corrected chi connectivity index (χ2v) is 16.0. The van der Waals surface area contributed by atoms with Crippen LogP contribution in [-0.4, -0.2) is 17.2 Å². The molecule has 0 aliphatic carbocycles. The molecule has 2 nitrogen and oxygen atoms in total. The van der Waals surface area contributed by atoms with Crippen LogP contribution in [0, 0.1) is 6.92 Å². The molecule has 6 aromatic carbocycles. The fourth-order valence-corrected chi connectivity index (χ4v) is 9.79. The minimum absolute atomic E-state index is 0.0374. The largest absolute Gasteiger partial charge is 0.289 e. The molecule has 0 saturated heterocycles. The zero-order valence-corrected chi connectivity index (χ0v) is 28.4. The van der Waals surface area contributed by atoms with Crippen molar-refractivity contribution in [3.8, 4) is 32.7 Å². The first-order valence-corrected chi connectivity index (χ1v) is 18.8. The summed E-state index contributed by atoms with van der Waals surface area (Å²) in [6.45, 7) is 2.10. The van der Waals surface area contributed by atoms with E-state index in [2.05, 4.69) is 79.2 Å². The van der Waals surface area contributed by atoms with Crippen LogP contribution in [0.1, 0.15) is 31.8 Å². The molecule has 0 spiro atoms. The molecule has 234 valence electrons. The van der Waals surface area contributed by atoms with Gasteiger partial charge in [-0.1, -0.05) is 115 Å². The molecule has 0 aliphatic rings. The molecular formula is C44H34O2S2. The van der Waals surface area contributed by atoms with Gasteiger partial charge in [-0.3, -0.25) is 9.59 Å². The van der Waals surface area contributed by atoms with E-state index in [9.17, 15) is 9.59 Å². The van der Waals surface area contributed by atoms with Gasteiger partial charge in [0.2, 0.25) is 5.12 Å². The summed E-state index contributed by atoms with van der Waals surface area (Å²) in [5.74, 6) is -0.0374. The number of hydrogen-bond donors (Lipinski definition) is 0. The van der Waals surface area contributed by atoms with E-state index in [4.69, 9.17) is 0 Å². The highest BCUT2D eigenvalue weighted by Crippen LogP contribution is 2.62. The van der Waals surface area contributed by atoms with Gasteiger partial charge in [0.1, 0.15) is 0 Å². The maximum atomic E-state index is 14.9. The maximum absolute atomic E-state index is 14.9. The Morgan fingerprint density at radius 3 is 1.67 bits per heavy atom. The highest BCUT2D eigenvalue weighted by Gasteiger charge is 2.34. The predicted octanol–water partition coefficient (Wildman–Crippen LogP) is 12.0. The first-order valence-electron chi connectivity index (χ1n) is 15.9. The Balaban J connectivity index is 1.37. The van der Waals surface area contributed by atoms with Crippen LogP contribution in [0.4, 0.5) is 0 Å². The smallest absolute Gasteiger partial charge is 0.210 e. The van der Waals surface area contributed by atoms with Gasteiger partial charge in [-0.25, -0.2) is 0 Å². The summed E-state index contributed by atoms with van der Waals surface area (Å²) in [5, 5.41) is 2.25. The lowest BCUT2D eigenvalue weighted by molar-refractivity contribution is 0.103. The van der Waals surface area contributed by atoms with Gasteiger partial charge in [-0.15, -0.1) is 21.4 Å². The summed E-state index contributed by atoms with van der Waals surface area (Å²) in [6, 6.07) is 54.1. The number of thiophene rings is 1. The topological polar surface area (TPSA) is 34.1 Å². The fraction of sp³-hybridized carbons (Fsp3) is 0.0455. The molecule has 7 rings (SSSR count). The highest BCUT2D eigenvalue weighted by atomic mass is 32.3. The minimum Gasteiger partial charge on any atom is -0.289 e. The van der Waals surface area contributed by atoms with E-state index >= 15 is 0 Å². The van der Waals surface area contributed by atoms with E-state index in [-0.39, 0.29) is 10.9 Å². The molecular weight excluding hydrogens is 625 g/mol. The molecule has 0 bridgehead atoms. The number of hydrogen-bond acceptors (Lipinski definition) is 3. The van der Waals surface area contributed by atoms with Crippen LogP contribution in [-0.2, 0) is 0 Å². The third-order valence-electron chi connectivity index (χ3n) is 8.77. The monoisotopic (exact) mass is 658 g/mol. The van der Waals surface area contributed by atoms with Crippen molar-refractivity contribution in [2.45, 2.75) is 16.7 Å². The highest BCUT2D eigenvalue weighted by molar-refractivity contribution is 8.45. The maximum Gasteiger partial charge on any atom is 0.210 e. The van der Waals surface area contributed by atoms with Crippen LogP contribution in [0.3, 0.4) is 0 Å². The summed E-state index contributed by atoms with van der Waals surface area (Å²) < 4.78 is 0. The average molecular weight is 659 g/mol. The lowest BCUT2D eigenvalue weighted by Crippen LogP contribution is -2.14. The summed E-state index contributed by atoms with van der Waals surface area (Å²) in [4.78, 5) is 32.1. The van der Waals surface area contributed by atoms with Crippen molar-refractivity contribution >= 4 is 32.3 Å². The molecule has 0 unspecified atom stereocenters. The third kappa shape index (κ3) is 5.97. The van der Waals surface area contributed by atoms with Crippen LogP contribution in [0.5, 0.6) is 0 Å². The molecule has 0 N–H and O–H groups in total. The van der Waals surface area contributed by atoms with Crippen LogP contribution < -0.4 is 0 Å². The van der Waals surface area contributed by atoms with Gasteiger partial charge in [0.05, 0.1) is 0 Å². The molecule has 48 heavy (non-hydrogen) atoms. The Labute approximate surface area is 287 Å². The Morgan fingerprint density at radius 2 is 1.06 bits per heavy atom. The number of aryl methyl sites for hydroxylation is 1. The van der Waals surface area contributed by atoms with Gasteiger partial charge in [-0.2, -0.15) is 0 Å². The fourth-order valence-electron chi connectivity index (χ4n) is 6.16. The lowest BCUT2D eigenvalue weighted by Gasteiger charge is -2.35. The van der Waals surface area contributed by atoms with Crippen LogP contribution >= 0.6 is 21.4 Å². The molecule has 7 aromatic rings. The number of carbonyl (C=O) groups excluding carboxylic acids is 2. The SMILES string of the molecule is Cc1csc(-c2ccc(-c3cc(-c4ccccc4C(=O)S(C)(c4ccccc4)c4ccccc4)ccc3C(=O)c3ccccc3)cc2)c1. The standard InChI is InChI=1S/C44H34O2S2/c1-31-28-42(47-30-31)33-24-22-32(23-25-33)41-29-35(26-27-39(41)43(45)34-14-6-3-7-15-34)38-20-12-13-21-40(38)44(46)48(2,36-16-8-4-9-17-36)37-18-10-5-11-19-37/h3-30H,1-2H3. The molecule has 0 amide bonds. The Bertz CT molecular complexity index is 2180. The summed E-state index contributed by atoms with van der Waals surface area (Å²) in [6.07, 6.45) is 2.10. The molecule has 1 aromatic heterocycles. The zero-order chi connectivity index (χ0) is 33.1. The van der Waals surface area contributed by atoms with Crippen molar-refractivity contribution in [1.82, 2.24) is 0 Å². The van der Waals surface area contributed by atoms with Crippen LogP contribution in [0.25, 0.3) is 32.7 Å². The first-order chi connectivity index (χ1) is 23.4. The van der Waals surface area contributed by atoms with Gasteiger partial charge < -0.3 is 0 Å². The number of benzene rings is 6. The summed E-state index contributed by atoms with van der Waals surface area (Å²) in [5.41, 5.74) is 7.82. The van der Waals surface area contributed by atoms with Crippen LogP contribution in [0.2, 0.25) is 0 Å².